The van der Waals surface area contributed by atoms with Gasteiger partial charge in [-0.3, -0.25) is 14.5 Å². The molecule has 0 aromatic heterocycles. The predicted molar refractivity (Wildman–Crippen MR) is 50.9 cm³/mol. The molecule has 0 bridgehead atoms. The molecule has 1 N–H and O–H groups in total. The van der Waals surface area contributed by atoms with E-state index in [4.69, 9.17) is 0 Å². The van der Waals surface area contributed by atoms with Gasteiger partial charge in [-0.05, 0) is 12.8 Å². The molecule has 2 fully saturated rings. The highest BCUT2D eigenvalue weighted by Gasteiger charge is 2.47. The van der Waals surface area contributed by atoms with Gasteiger partial charge in [-0.1, -0.05) is 0 Å². The minimum absolute atomic E-state index is 0.166. The molecular formula is C9H13N3O3. The third-order valence-corrected chi connectivity index (χ3v) is 2.86. The van der Waals surface area contributed by atoms with E-state index in [1.165, 1.54) is 7.05 Å². The number of urea groups is 1. The Morgan fingerprint density at radius 1 is 1.53 bits per heavy atom. The highest BCUT2D eigenvalue weighted by atomic mass is 16.2. The van der Waals surface area contributed by atoms with Gasteiger partial charge < -0.3 is 10.2 Å². The fourth-order valence-corrected chi connectivity index (χ4v) is 2.05. The Morgan fingerprint density at radius 3 is 2.87 bits per heavy atom. The van der Waals surface area contributed by atoms with Crippen molar-refractivity contribution in [2.75, 3.05) is 20.1 Å². The van der Waals surface area contributed by atoms with Crippen LogP contribution in [0.3, 0.4) is 0 Å². The molecule has 0 aromatic rings. The molecule has 0 aliphatic carbocycles. The van der Waals surface area contributed by atoms with Crippen LogP contribution >= 0.6 is 0 Å². The number of nitrogens with zero attached hydrogens (tertiary/aromatic N) is 2. The topological polar surface area (TPSA) is 69.7 Å². The number of nitrogens with one attached hydrogen (secondary N) is 1. The standard InChI is InChI=1S/C9H13N3O3/c1-10-7(13)5-12-8(14)6-3-2-4-11(6)9(12)15/h6H,2-5H2,1H3,(H,10,13). The van der Waals surface area contributed by atoms with Crippen molar-refractivity contribution >= 4 is 17.8 Å². The first-order valence-corrected chi connectivity index (χ1v) is 4.97. The fraction of sp³-hybridized carbons (Fsp3) is 0.667. The molecule has 1 atom stereocenters. The number of rotatable bonds is 2. The third kappa shape index (κ3) is 1.45. The minimum atomic E-state index is -0.328. The van der Waals surface area contributed by atoms with Gasteiger partial charge in [0, 0.05) is 13.6 Å². The monoisotopic (exact) mass is 211 g/mol. The van der Waals surface area contributed by atoms with Crippen molar-refractivity contribution in [3.8, 4) is 0 Å². The van der Waals surface area contributed by atoms with Crippen molar-refractivity contribution < 1.29 is 14.4 Å². The Morgan fingerprint density at radius 2 is 2.27 bits per heavy atom. The molecule has 0 spiro atoms. The summed E-state index contributed by atoms with van der Waals surface area (Å²) in [5.41, 5.74) is 0. The number of hydrogen-bond donors (Lipinski definition) is 1. The maximum Gasteiger partial charge on any atom is 0.327 e. The second-order valence-corrected chi connectivity index (χ2v) is 3.73. The minimum Gasteiger partial charge on any atom is -0.358 e. The Hall–Kier alpha value is -1.59. The van der Waals surface area contributed by atoms with Gasteiger partial charge in [0.1, 0.15) is 12.6 Å². The zero-order valence-corrected chi connectivity index (χ0v) is 8.52. The van der Waals surface area contributed by atoms with E-state index in [1.807, 2.05) is 0 Å². The molecule has 0 saturated carbocycles. The second kappa shape index (κ2) is 3.52. The lowest BCUT2D eigenvalue weighted by atomic mass is 10.2. The molecule has 6 heteroatoms. The summed E-state index contributed by atoms with van der Waals surface area (Å²) >= 11 is 0. The molecule has 0 radical (unpaired) electrons. The maximum atomic E-state index is 11.7. The quantitative estimate of drug-likeness (QED) is 0.605. The predicted octanol–water partition coefficient (Wildman–Crippen LogP) is -0.841. The Kier molecular flexibility index (Phi) is 2.34. The Balaban J connectivity index is 2.11. The van der Waals surface area contributed by atoms with Crippen LogP contribution in [-0.4, -0.2) is 53.8 Å². The SMILES string of the molecule is CNC(=O)CN1C(=O)C2CCCN2C1=O. The summed E-state index contributed by atoms with van der Waals surface area (Å²) in [5, 5.41) is 2.40. The number of hydrogen-bond acceptors (Lipinski definition) is 3. The summed E-state index contributed by atoms with van der Waals surface area (Å²) < 4.78 is 0. The van der Waals surface area contributed by atoms with Crippen molar-refractivity contribution in [3.63, 3.8) is 0 Å². The molecule has 2 aliphatic rings. The van der Waals surface area contributed by atoms with Crippen molar-refractivity contribution in [1.82, 2.24) is 15.1 Å². The number of likely N-dealkylation sites (N-methyl/N-ethyl adjacent to an activating group) is 1. The van der Waals surface area contributed by atoms with Crippen LogP contribution < -0.4 is 5.32 Å². The molecule has 4 amide bonds. The van der Waals surface area contributed by atoms with E-state index >= 15 is 0 Å². The van der Waals surface area contributed by atoms with Gasteiger partial charge in [0.05, 0.1) is 0 Å². The van der Waals surface area contributed by atoms with Crippen LogP contribution in [0.25, 0.3) is 0 Å². The fourth-order valence-electron chi connectivity index (χ4n) is 2.05. The molecule has 82 valence electrons. The summed E-state index contributed by atoms with van der Waals surface area (Å²) in [4.78, 5) is 37.1. The Labute approximate surface area is 87.2 Å². The first-order valence-electron chi connectivity index (χ1n) is 4.97. The summed E-state index contributed by atoms with van der Waals surface area (Å²) in [6, 6.07) is -0.645. The van der Waals surface area contributed by atoms with E-state index in [-0.39, 0.29) is 30.4 Å². The van der Waals surface area contributed by atoms with Gasteiger partial charge >= 0.3 is 6.03 Å². The average Bonchev–Trinajstić information content (AvgIpc) is 2.78. The van der Waals surface area contributed by atoms with Crippen LogP contribution in [-0.2, 0) is 9.59 Å². The van der Waals surface area contributed by atoms with E-state index in [0.29, 0.717) is 6.54 Å². The highest BCUT2D eigenvalue weighted by molar-refractivity contribution is 6.06. The molecule has 2 rings (SSSR count). The maximum absolute atomic E-state index is 11.7. The normalized spacial score (nSPS) is 24.7. The highest BCUT2D eigenvalue weighted by Crippen LogP contribution is 2.26. The summed E-state index contributed by atoms with van der Waals surface area (Å²) in [6.07, 6.45) is 1.59. The number of carbonyl (C=O) groups excluding carboxylic acids is 3. The largest absolute Gasteiger partial charge is 0.358 e. The number of imide groups is 1. The lowest BCUT2D eigenvalue weighted by molar-refractivity contribution is -0.132. The van der Waals surface area contributed by atoms with Crippen LogP contribution in [0.2, 0.25) is 0 Å². The van der Waals surface area contributed by atoms with Crippen LogP contribution in [0.4, 0.5) is 4.79 Å². The van der Waals surface area contributed by atoms with Crippen LogP contribution in [0.15, 0.2) is 0 Å². The lowest BCUT2D eigenvalue weighted by Crippen LogP contribution is -2.40. The van der Waals surface area contributed by atoms with E-state index in [1.54, 1.807) is 4.90 Å². The molecular weight excluding hydrogens is 198 g/mol. The van der Waals surface area contributed by atoms with Crippen LogP contribution in [0, 0.1) is 0 Å². The van der Waals surface area contributed by atoms with Crippen molar-refractivity contribution in [3.05, 3.63) is 0 Å². The van der Waals surface area contributed by atoms with Gasteiger partial charge in [0.15, 0.2) is 0 Å². The molecule has 6 nitrogen and oxygen atoms in total. The lowest BCUT2D eigenvalue weighted by Gasteiger charge is -2.14. The first-order chi connectivity index (χ1) is 7.15. The average molecular weight is 211 g/mol. The first kappa shape index (κ1) is 9.95. The van der Waals surface area contributed by atoms with Gasteiger partial charge in [0.25, 0.3) is 5.91 Å². The molecule has 2 saturated heterocycles. The van der Waals surface area contributed by atoms with Crippen LogP contribution in [0.1, 0.15) is 12.8 Å². The molecule has 15 heavy (non-hydrogen) atoms. The third-order valence-electron chi connectivity index (χ3n) is 2.86. The zero-order valence-electron chi connectivity index (χ0n) is 8.52. The van der Waals surface area contributed by atoms with Gasteiger partial charge in [-0.15, -0.1) is 0 Å². The summed E-state index contributed by atoms with van der Waals surface area (Å²) in [6.45, 7) is 0.459. The van der Waals surface area contributed by atoms with Gasteiger partial charge in [0.2, 0.25) is 5.91 Å². The number of carbonyl (C=O) groups is 3. The second-order valence-electron chi connectivity index (χ2n) is 3.73. The molecule has 2 aliphatic heterocycles. The van der Waals surface area contributed by atoms with Crippen LogP contribution in [0.5, 0.6) is 0 Å². The van der Waals surface area contributed by atoms with Gasteiger partial charge in [-0.2, -0.15) is 0 Å². The van der Waals surface area contributed by atoms with E-state index in [0.717, 1.165) is 17.7 Å². The van der Waals surface area contributed by atoms with Crippen molar-refractivity contribution in [1.29, 1.82) is 0 Å². The van der Waals surface area contributed by atoms with E-state index in [9.17, 15) is 14.4 Å². The van der Waals surface area contributed by atoms with E-state index < -0.39 is 0 Å². The molecule has 0 aromatic carbocycles. The zero-order chi connectivity index (χ0) is 11.0. The summed E-state index contributed by atoms with van der Waals surface area (Å²) in [7, 11) is 1.48. The number of fused-ring (bicyclic) bond motifs is 1. The van der Waals surface area contributed by atoms with E-state index in [2.05, 4.69) is 5.32 Å². The molecule has 1 unspecified atom stereocenters. The van der Waals surface area contributed by atoms with Crippen molar-refractivity contribution in [2.45, 2.75) is 18.9 Å². The smallest absolute Gasteiger partial charge is 0.327 e. The Bertz CT molecular complexity index is 307. The van der Waals surface area contributed by atoms with Crippen molar-refractivity contribution in [2.24, 2.45) is 0 Å². The summed E-state index contributed by atoms with van der Waals surface area (Å²) in [5.74, 6) is -0.557. The molecule has 2 heterocycles. The van der Waals surface area contributed by atoms with Gasteiger partial charge in [-0.25, -0.2) is 4.79 Å². The number of amides is 4.